The first-order valence-electron chi connectivity index (χ1n) is 11.9. The molecule has 4 amide bonds. The summed E-state index contributed by atoms with van der Waals surface area (Å²) in [4.78, 5) is 56.5. The maximum absolute atomic E-state index is 12.9. The molecule has 2 aliphatic heterocycles. The van der Waals surface area contributed by atoms with Crippen LogP contribution in [-0.2, 0) is 19.1 Å². The molecule has 2 saturated heterocycles. The number of piperazine rings is 2. The summed E-state index contributed by atoms with van der Waals surface area (Å²) in [6.45, 7) is 8.36. The average molecular weight is 453 g/mol. The lowest BCUT2D eigenvalue weighted by Gasteiger charge is -2.39. The molecule has 2 heterocycles. The number of hydrogen-bond donors (Lipinski definition) is 0. The highest BCUT2D eigenvalue weighted by molar-refractivity contribution is 5.82. The third-order valence-electron chi connectivity index (χ3n) is 6.66. The van der Waals surface area contributed by atoms with Gasteiger partial charge >= 0.3 is 12.2 Å². The van der Waals surface area contributed by atoms with Crippen LogP contribution in [0.15, 0.2) is 0 Å². The number of amides is 4. The molecule has 0 spiro atoms. The Balaban J connectivity index is 1.39. The number of ether oxygens (including phenoxy) is 2. The van der Waals surface area contributed by atoms with Crippen molar-refractivity contribution in [3.63, 3.8) is 0 Å². The Bertz CT molecular complexity index is 620. The van der Waals surface area contributed by atoms with Crippen molar-refractivity contribution in [2.45, 2.75) is 39.5 Å². The Labute approximate surface area is 189 Å². The number of rotatable bonds is 4. The van der Waals surface area contributed by atoms with Gasteiger partial charge in [0.1, 0.15) is 0 Å². The number of nitrogens with zero attached hydrogens (tertiary/aromatic N) is 4. The molecule has 3 rings (SSSR count). The van der Waals surface area contributed by atoms with Gasteiger partial charge in [0.05, 0.1) is 13.2 Å². The van der Waals surface area contributed by atoms with E-state index in [2.05, 4.69) is 0 Å². The van der Waals surface area contributed by atoms with E-state index in [0.717, 1.165) is 25.7 Å². The highest BCUT2D eigenvalue weighted by Gasteiger charge is 2.36. The van der Waals surface area contributed by atoms with Crippen LogP contribution in [0, 0.1) is 11.8 Å². The minimum absolute atomic E-state index is 0.0474. The lowest BCUT2D eigenvalue weighted by Crippen LogP contribution is -2.53. The standard InChI is InChI=1S/C22H36N4O6/c1-3-31-21(29)25-13-9-23(10-14-25)19(27)17-5-7-18(8-6-17)20(28)24-11-15-26(16-12-24)22(30)32-4-2/h17-18H,3-16H2,1-2H3. The molecule has 3 aliphatic rings. The molecule has 1 aliphatic carbocycles. The second-order valence-corrected chi connectivity index (χ2v) is 8.57. The van der Waals surface area contributed by atoms with Crippen molar-refractivity contribution in [3.8, 4) is 0 Å². The summed E-state index contributed by atoms with van der Waals surface area (Å²) in [5, 5.41) is 0. The topological polar surface area (TPSA) is 99.7 Å². The van der Waals surface area contributed by atoms with Crippen LogP contribution in [0.4, 0.5) is 9.59 Å². The van der Waals surface area contributed by atoms with Crippen molar-refractivity contribution < 1.29 is 28.7 Å². The maximum atomic E-state index is 12.9. The van der Waals surface area contributed by atoms with Gasteiger partial charge in [-0.2, -0.15) is 0 Å². The molecule has 180 valence electrons. The van der Waals surface area contributed by atoms with E-state index >= 15 is 0 Å². The van der Waals surface area contributed by atoms with Crippen molar-refractivity contribution in [3.05, 3.63) is 0 Å². The molecule has 10 nitrogen and oxygen atoms in total. The molecular formula is C22H36N4O6. The molecule has 0 bridgehead atoms. The van der Waals surface area contributed by atoms with Gasteiger partial charge < -0.3 is 29.1 Å². The fourth-order valence-corrected chi connectivity index (χ4v) is 4.75. The zero-order chi connectivity index (χ0) is 23.1. The van der Waals surface area contributed by atoms with Crippen molar-refractivity contribution in [2.75, 3.05) is 65.6 Å². The van der Waals surface area contributed by atoms with Gasteiger partial charge in [0, 0.05) is 64.2 Å². The molecule has 32 heavy (non-hydrogen) atoms. The van der Waals surface area contributed by atoms with Gasteiger partial charge in [-0.05, 0) is 39.5 Å². The molecule has 0 aromatic carbocycles. The van der Waals surface area contributed by atoms with Gasteiger partial charge in [0.15, 0.2) is 0 Å². The molecular weight excluding hydrogens is 416 g/mol. The monoisotopic (exact) mass is 452 g/mol. The van der Waals surface area contributed by atoms with Gasteiger partial charge in [-0.25, -0.2) is 9.59 Å². The minimum atomic E-state index is -0.318. The summed E-state index contributed by atoms with van der Waals surface area (Å²) >= 11 is 0. The highest BCUT2D eigenvalue weighted by Crippen LogP contribution is 2.32. The minimum Gasteiger partial charge on any atom is -0.450 e. The Morgan fingerprint density at radius 2 is 0.844 bits per heavy atom. The molecule has 10 heteroatoms. The van der Waals surface area contributed by atoms with E-state index in [1.165, 1.54) is 0 Å². The summed E-state index contributed by atoms with van der Waals surface area (Å²) < 4.78 is 10.1. The normalized spacial score (nSPS) is 24.2. The Morgan fingerprint density at radius 1 is 0.562 bits per heavy atom. The molecule has 0 N–H and O–H groups in total. The molecule has 3 fully saturated rings. The van der Waals surface area contributed by atoms with Gasteiger partial charge in [-0.1, -0.05) is 0 Å². The number of carbonyl (C=O) groups excluding carboxylic acids is 4. The Morgan fingerprint density at radius 3 is 1.12 bits per heavy atom. The van der Waals surface area contributed by atoms with Crippen molar-refractivity contribution in [1.82, 2.24) is 19.6 Å². The van der Waals surface area contributed by atoms with Gasteiger partial charge in [-0.15, -0.1) is 0 Å². The molecule has 1 saturated carbocycles. The maximum Gasteiger partial charge on any atom is 0.409 e. The second kappa shape index (κ2) is 11.4. The van der Waals surface area contributed by atoms with Crippen LogP contribution in [0.25, 0.3) is 0 Å². The predicted octanol–water partition coefficient (Wildman–Crippen LogP) is 1.39. The van der Waals surface area contributed by atoms with Gasteiger partial charge in [0.25, 0.3) is 0 Å². The van der Waals surface area contributed by atoms with E-state index in [9.17, 15) is 19.2 Å². The summed E-state index contributed by atoms with van der Waals surface area (Å²) in [6, 6.07) is 0. The van der Waals surface area contributed by atoms with Crippen LogP contribution in [0.1, 0.15) is 39.5 Å². The van der Waals surface area contributed by atoms with E-state index < -0.39 is 0 Å². The average Bonchev–Trinajstić information content (AvgIpc) is 2.84. The van der Waals surface area contributed by atoms with E-state index in [4.69, 9.17) is 9.47 Å². The largest absolute Gasteiger partial charge is 0.450 e. The fourth-order valence-electron chi connectivity index (χ4n) is 4.75. The Hall–Kier alpha value is -2.52. The van der Waals surface area contributed by atoms with Gasteiger partial charge in [0.2, 0.25) is 11.8 Å². The smallest absolute Gasteiger partial charge is 0.409 e. The van der Waals surface area contributed by atoms with Crippen LogP contribution >= 0.6 is 0 Å². The molecule has 0 atom stereocenters. The van der Waals surface area contributed by atoms with Crippen LogP contribution in [-0.4, -0.2) is 109 Å². The molecule has 0 unspecified atom stereocenters. The molecule has 0 radical (unpaired) electrons. The lowest BCUT2D eigenvalue weighted by atomic mass is 9.80. The van der Waals surface area contributed by atoms with Crippen LogP contribution in [0.5, 0.6) is 0 Å². The van der Waals surface area contributed by atoms with Crippen molar-refractivity contribution in [1.29, 1.82) is 0 Å². The van der Waals surface area contributed by atoms with E-state index in [0.29, 0.717) is 65.6 Å². The van der Waals surface area contributed by atoms with E-state index in [-0.39, 0.29) is 35.8 Å². The zero-order valence-corrected chi connectivity index (χ0v) is 19.3. The van der Waals surface area contributed by atoms with Crippen LogP contribution < -0.4 is 0 Å². The third-order valence-corrected chi connectivity index (χ3v) is 6.66. The Kier molecular flexibility index (Phi) is 8.58. The van der Waals surface area contributed by atoms with E-state index in [1.807, 2.05) is 9.80 Å². The predicted molar refractivity (Wildman–Crippen MR) is 116 cm³/mol. The summed E-state index contributed by atoms with van der Waals surface area (Å²) in [5.74, 6) is 0.188. The van der Waals surface area contributed by atoms with Gasteiger partial charge in [-0.3, -0.25) is 9.59 Å². The summed E-state index contributed by atoms with van der Waals surface area (Å²) in [7, 11) is 0. The second-order valence-electron chi connectivity index (χ2n) is 8.57. The highest BCUT2D eigenvalue weighted by atomic mass is 16.6. The van der Waals surface area contributed by atoms with Crippen molar-refractivity contribution in [2.24, 2.45) is 11.8 Å². The summed E-state index contributed by atoms with van der Waals surface area (Å²) in [5.41, 5.74) is 0. The molecule has 0 aromatic rings. The van der Waals surface area contributed by atoms with E-state index in [1.54, 1.807) is 23.6 Å². The SMILES string of the molecule is CCOC(=O)N1CCN(C(=O)C2CCC(C(=O)N3CCN(C(=O)OCC)CC3)CC2)CC1. The first kappa shape index (κ1) is 24.1. The van der Waals surface area contributed by atoms with Crippen LogP contribution in [0.2, 0.25) is 0 Å². The quantitative estimate of drug-likeness (QED) is 0.639. The van der Waals surface area contributed by atoms with Crippen molar-refractivity contribution >= 4 is 24.0 Å². The zero-order valence-electron chi connectivity index (χ0n) is 19.3. The third kappa shape index (κ3) is 5.83. The first-order chi connectivity index (χ1) is 15.4. The summed E-state index contributed by atoms with van der Waals surface area (Å²) in [6.07, 6.45) is 2.24. The fraction of sp³-hybridized carbons (Fsp3) is 0.818. The van der Waals surface area contributed by atoms with Crippen LogP contribution in [0.3, 0.4) is 0 Å². The molecule has 0 aromatic heterocycles. The number of carbonyl (C=O) groups is 4. The number of hydrogen-bond acceptors (Lipinski definition) is 6. The lowest BCUT2D eigenvalue weighted by molar-refractivity contribution is -0.143. The first-order valence-corrected chi connectivity index (χ1v) is 11.9.